The zero-order valence-corrected chi connectivity index (χ0v) is 10.3. The maximum Gasteiger partial charge on any atom is 0.241 e. The Balaban J connectivity index is 2.40. The van der Waals surface area contributed by atoms with Crippen molar-refractivity contribution in [1.82, 2.24) is 9.97 Å². The molecule has 1 aromatic carbocycles. The van der Waals surface area contributed by atoms with Gasteiger partial charge in [-0.1, -0.05) is 6.07 Å². The van der Waals surface area contributed by atoms with Crippen LogP contribution in [0.1, 0.15) is 17.0 Å². The Bertz CT molecular complexity index is 572. The van der Waals surface area contributed by atoms with Gasteiger partial charge in [-0.15, -0.1) is 0 Å². The highest BCUT2D eigenvalue weighted by molar-refractivity contribution is 5.37. The van der Waals surface area contributed by atoms with Crippen LogP contribution in [0.2, 0.25) is 0 Å². The monoisotopic (exact) mass is 247 g/mol. The molecule has 0 saturated carbocycles. The molecule has 4 nitrogen and oxygen atoms in total. The molecule has 2 aromatic rings. The maximum atomic E-state index is 13.5. The lowest BCUT2D eigenvalue weighted by Gasteiger charge is -2.11. The minimum Gasteiger partial charge on any atom is -0.437 e. The highest BCUT2D eigenvalue weighted by Crippen LogP contribution is 2.27. The molecule has 94 valence electrons. The highest BCUT2D eigenvalue weighted by Gasteiger charge is 2.11. The van der Waals surface area contributed by atoms with Crippen molar-refractivity contribution in [2.24, 2.45) is 5.73 Å². The molecular formula is C13H14FN3O. The van der Waals surface area contributed by atoms with Crippen LogP contribution in [0.5, 0.6) is 11.6 Å². The van der Waals surface area contributed by atoms with E-state index in [1.807, 2.05) is 6.92 Å². The molecule has 5 heteroatoms. The van der Waals surface area contributed by atoms with Gasteiger partial charge < -0.3 is 10.5 Å². The zero-order chi connectivity index (χ0) is 13.1. The quantitative estimate of drug-likeness (QED) is 0.905. The molecule has 0 unspecified atom stereocenters. The second kappa shape index (κ2) is 5.10. The molecule has 0 aliphatic rings. The Morgan fingerprint density at radius 2 is 2.11 bits per heavy atom. The van der Waals surface area contributed by atoms with Crippen LogP contribution >= 0.6 is 0 Å². The number of hydrogen-bond donors (Lipinski definition) is 1. The van der Waals surface area contributed by atoms with Gasteiger partial charge in [0.2, 0.25) is 5.88 Å². The van der Waals surface area contributed by atoms with E-state index in [-0.39, 0.29) is 12.4 Å². The summed E-state index contributed by atoms with van der Waals surface area (Å²) < 4.78 is 19.1. The lowest BCUT2D eigenvalue weighted by atomic mass is 10.2. The number of nitrogens with two attached hydrogens (primary N) is 1. The molecule has 2 N–H and O–H groups in total. The lowest BCUT2D eigenvalue weighted by Crippen LogP contribution is -2.04. The standard InChI is InChI=1S/C13H14FN3O/c1-8-7-16-9(2)13(17-8)18-12-5-3-4-11(14)10(12)6-15/h3-5,7H,6,15H2,1-2H3. The number of nitrogens with zero attached hydrogens (tertiary/aromatic N) is 2. The fourth-order valence-corrected chi connectivity index (χ4v) is 1.55. The van der Waals surface area contributed by atoms with Gasteiger partial charge in [0.15, 0.2) is 0 Å². The number of rotatable bonds is 3. The van der Waals surface area contributed by atoms with Crippen LogP contribution in [0.25, 0.3) is 0 Å². The maximum absolute atomic E-state index is 13.5. The van der Waals surface area contributed by atoms with Crippen LogP contribution < -0.4 is 10.5 Å². The first-order chi connectivity index (χ1) is 8.61. The fourth-order valence-electron chi connectivity index (χ4n) is 1.55. The normalized spacial score (nSPS) is 10.4. The predicted octanol–water partition coefficient (Wildman–Crippen LogP) is 2.48. The van der Waals surface area contributed by atoms with E-state index in [0.29, 0.717) is 22.9 Å². The van der Waals surface area contributed by atoms with Crippen molar-refractivity contribution in [3.63, 3.8) is 0 Å². The Kier molecular flexibility index (Phi) is 3.53. The van der Waals surface area contributed by atoms with Gasteiger partial charge in [0.1, 0.15) is 11.6 Å². The van der Waals surface area contributed by atoms with E-state index in [9.17, 15) is 4.39 Å². The molecule has 0 bridgehead atoms. The van der Waals surface area contributed by atoms with Crippen molar-refractivity contribution in [2.75, 3.05) is 0 Å². The molecule has 18 heavy (non-hydrogen) atoms. The molecule has 0 aliphatic heterocycles. The number of aromatic nitrogens is 2. The number of hydrogen-bond acceptors (Lipinski definition) is 4. The Labute approximate surface area is 105 Å². The molecule has 0 radical (unpaired) electrons. The van der Waals surface area contributed by atoms with E-state index in [0.717, 1.165) is 5.69 Å². The van der Waals surface area contributed by atoms with E-state index in [4.69, 9.17) is 10.5 Å². The van der Waals surface area contributed by atoms with Crippen LogP contribution in [-0.2, 0) is 6.54 Å². The molecule has 0 saturated heterocycles. The predicted molar refractivity (Wildman–Crippen MR) is 65.9 cm³/mol. The molecule has 2 rings (SSSR count). The van der Waals surface area contributed by atoms with Gasteiger partial charge in [-0.05, 0) is 26.0 Å². The molecule has 1 aromatic heterocycles. The number of ether oxygens (including phenoxy) is 1. The van der Waals surface area contributed by atoms with Crippen molar-refractivity contribution < 1.29 is 9.13 Å². The van der Waals surface area contributed by atoms with Gasteiger partial charge in [0.25, 0.3) is 0 Å². The van der Waals surface area contributed by atoms with Crippen molar-refractivity contribution in [1.29, 1.82) is 0 Å². The van der Waals surface area contributed by atoms with Crippen molar-refractivity contribution in [2.45, 2.75) is 20.4 Å². The third-order valence-electron chi connectivity index (χ3n) is 2.52. The van der Waals surface area contributed by atoms with Gasteiger partial charge in [-0.2, -0.15) is 0 Å². The fraction of sp³-hybridized carbons (Fsp3) is 0.231. The summed E-state index contributed by atoms with van der Waals surface area (Å²) in [6, 6.07) is 4.58. The second-order valence-corrected chi connectivity index (χ2v) is 3.92. The van der Waals surface area contributed by atoms with Gasteiger partial charge >= 0.3 is 0 Å². The zero-order valence-electron chi connectivity index (χ0n) is 10.3. The summed E-state index contributed by atoms with van der Waals surface area (Å²) in [5, 5.41) is 0. The van der Waals surface area contributed by atoms with E-state index in [2.05, 4.69) is 9.97 Å². The van der Waals surface area contributed by atoms with Gasteiger partial charge in [0.05, 0.1) is 11.4 Å². The van der Waals surface area contributed by atoms with E-state index in [1.165, 1.54) is 6.07 Å². The molecule has 0 spiro atoms. The van der Waals surface area contributed by atoms with E-state index < -0.39 is 0 Å². The molecule has 0 aliphatic carbocycles. The van der Waals surface area contributed by atoms with Gasteiger partial charge in [-0.3, -0.25) is 4.98 Å². The molecule has 0 amide bonds. The van der Waals surface area contributed by atoms with E-state index in [1.54, 1.807) is 25.3 Å². The van der Waals surface area contributed by atoms with Crippen LogP contribution in [0.4, 0.5) is 4.39 Å². The summed E-state index contributed by atoms with van der Waals surface area (Å²) in [5.74, 6) is 0.365. The molecular weight excluding hydrogens is 233 g/mol. The summed E-state index contributed by atoms with van der Waals surface area (Å²) in [6.45, 7) is 3.66. The average molecular weight is 247 g/mol. The van der Waals surface area contributed by atoms with Crippen LogP contribution in [0.15, 0.2) is 24.4 Å². The molecule has 0 fully saturated rings. The smallest absolute Gasteiger partial charge is 0.241 e. The van der Waals surface area contributed by atoms with E-state index >= 15 is 0 Å². The Hall–Kier alpha value is -2.01. The third-order valence-corrected chi connectivity index (χ3v) is 2.52. The van der Waals surface area contributed by atoms with Crippen molar-refractivity contribution >= 4 is 0 Å². The topological polar surface area (TPSA) is 61.0 Å². The average Bonchev–Trinajstić information content (AvgIpc) is 2.34. The first-order valence-electron chi connectivity index (χ1n) is 5.57. The van der Waals surface area contributed by atoms with Gasteiger partial charge in [0, 0.05) is 18.3 Å². The highest BCUT2D eigenvalue weighted by atomic mass is 19.1. The third kappa shape index (κ3) is 2.46. The van der Waals surface area contributed by atoms with Crippen LogP contribution in [0, 0.1) is 19.7 Å². The number of benzene rings is 1. The Morgan fingerprint density at radius 3 is 2.83 bits per heavy atom. The molecule has 0 atom stereocenters. The van der Waals surface area contributed by atoms with Gasteiger partial charge in [-0.25, -0.2) is 9.37 Å². The number of halogens is 1. The summed E-state index contributed by atoms with van der Waals surface area (Å²) in [7, 11) is 0. The van der Waals surface area contributed by atoms with Crippen LogP contribution in [-0.4, -0.2) is 9.97 Å². The first-order valence-corrected chi connectivity index (χ1v) is 5.57. The lowest BCUT2D eigenvalue weighted by molar-refractivity contribution is 0.442. The summed E-state index contributed by atoms with van der Waals surface area (Å²) in [5.41, 5.74) is 7.23. The largest absolute Gasteiger partial charge is 0.437 e. The minimum atomic E-state index is -0.381. The first kappa shape index (κ1) is 12.4. The second-order valence-electron chi connectivity index (χ2n) is 3.92. The summed E-state index contributed by atoms with van der Waals surface area (Å²) in [4.78, 5) is 8.37. The Morgan fingerprint density at radius 1 is 1.33 bits per heavy atom. The summed E-state index contributed by atoms with van der Waals surface area (Å²) in [6.07, 6.45) is 1.65. The summed E-state index contributed by atoms with van der Waals surface area (Å²) >= 11 is 0. The van der Waals surface area contributed by atoms with Crippen LogP contribution in [0.3, 0.4) is 0 Å². The minimum absolute atomic E-state index is 0.0697. The SMILES string of the molecule is Cc1cnc(C)c(Oc2cccc(F)c2CN)n1. The number of aryl methyl sites for hydroxylation is 2. The van der Waals surface area contributed by atoms with Crippen molar-refractivity contribution in [3.05, 3.63) is 47.2 Å². The van der Waals surface area contributed by atoms with Crippen molar-refractivity contribution in [3.8, 4) is 11.6 Å². The molecule has 1 heterocycles.